The standard InChI is InChI=1S/C20H23NOS/c1-20(2)17-13-16(22)9-8-15(17)12-18(19(20)21)23-11-10-14-6-4-3-5-7-14/h3-11,13,18-19,22H,12,21H2,1-2H3/b11-10+/t18-,19+/m1/s1. The lowest BCUT2D eigenvalue weighted by molar-refractivity contribution is 0.369. The molecule has 3 N–H and O–H groups in total. The van der Waals surface area contributed by atoms with E-state index in [-0.39, 0.29) is 11.5 Å². The van der Waals surface area contributed by atoms with Gasteiger partial charge in [-0.15, -0.1) is 11.8 Å². The lowest BCUT2D eigenvalue weighted by atomic mass is 9.69. The van der Waals surface area contributed by atoms with Crippen LogP contribution in [-0.4, -0.2) is 16.4 Å². The number of hydrogen-bond acceptors (Lipinski definition) is 3. The second-order valence-corrected chi connectivity index (χ2v) is 7.83. The molecule has 23 heavy (non-hydrogen) atoms. The van der Waals surface area contributed by atoms with Gasteiger partial charge in [0.25, 0.3) is 0 Å². The normalized spacial score (nSPS) is 22.9. The van der Waals surface area contributed by atoms with Crippen molar-refractivity contribution in [3.63, 3.8) is 0 Å². The van der Waals surface area contributed by atoms with Gasteiger partial charge in [0.05, 0.1) is 0 Å². The van der Waals surface area contributed by atoms with Gasteiger partial charge >= 0.3 is 0 Å². The molecule has 0 aliphatic heterocycles. The number of nitrogens with two attached hydrogens (primary N) is 1. The third kappa shape index (κ3) is 3.31. The molecule has 0 radical (unpaired) electrons. The highest BCUT2D eigenvalue weighted by Gasteiger charge is 2.40. The second kappa shape index (κ2) is 6.42. The van der Waals surface area contributed by atoms with Gasteiger partial charge < -0.3 is 10.8 Å². The highest BCUT2D eigenvalue weighted by Crippen LogP contribution is 2.41. The molecule has 0 unspecified atom stereocenters. The quantitative estimate of drug-likeness (QED) is 0.883. The summed E-state index contributed by atoms with van der Waals surface area (Å²) >= 11 is 1.80. The van der Waals surface area contributed by atoms with Gasteiger partial charge in [0.1, 0.15) is 5.75 Å². The Balaban J connectivity index is 1.79. The summed E-state index contributed by atoms with van der Waals surface area (Å²) in [5, 5.41) is 12.3. The van der Waals surface area contributed by atoms with Crippen molar-refractivity contribution in [3.8, 4) is 5.75 Å². The average Bonchev–Trinajstić information content (AvgIpc) is 2.54. The molecule has 0 bridgehead atoms. The zero-order valence-electron chi connectivity index (χ0n) is 13.6. The first-order chi connectivity index (χ1) is 11.0. The number of hydrogen-bond donors (Lipinski definition) is 2. The molecule has 3 rings (SSSR count). The molecule has 0 aromatic heterocycles. The van der Waals surface area contributed by atoms with Crippen LogP contribution in [0.2, 0.25) is 0 Å². The molecule has 0 saturated carbocycles. The van der Waals surface area contributed by atoms with E-state index in [1.165, 1.54) is 16.7 Å². The van der Waals surface area contributed by atoms with Crippen LogP contribution < -0.4 is 5.73 Å². The predicted octanol–water partition coefficient (Wildman–Crippen LogP) is 4.33. The topological polar surface area (TPSA) is 46.2 Å². The van der Waals surface area contributed by atoms with Gasteiger partial charge in [-0.1, -0.05) is 50.2 Å². The van der Waals surface area contributed by atoms with Crippen LogP contribution in [0.5, 0.6) is 5.75 Å². The van der Waals surface area contributed by atoms with E-state index in [4.69, 9.17) is 5.73 Å². The van der Waals surface area contributed by atoms with Gasteiger partial charge in [-0.2, -0.15) is 0 Å². The zero-order valence-corrected chi connectivity index (χ0v) is 14.4. The van der Waals surface area contributed by atoms with Crippen LogP contribution in [0, 0.1) is 0 Å². The largest absolute Gasteiger partial charge is 0.508 e. The molecule has 0 amide bonds. The SMILES string of the molecule is CC1(C)c2cc(O)ccc2C[C@@H](S/C=C/c2ccccc2)[C@@H]1N. The van der Waals surface area contributed by atoms with Gasteiger partial charge in [0.15, 0.2) is 0 Å². The molecule has 1 aliphatic carbocycles. The molecule has 2 aromatic rings. The maximum absolute atomic E-state index is 9.78. The first-order valence-electron chi connectivity index (χ1n) is 7.93. The van der Waals surface area contributed by atoms with Crippen molar-refractivity contribution in [1.82, 2.24) is 0 Å². The smallest absolute Gasteiger partial charge is 0.115 e. The Labute approximate surface area is 142 Å². The van der Waals surface area contributed by atoms with Crippen molar-refractivity contribution in [2.45, 2.75) is 37.0 Å². The third-order valence-electron chi connectivity index (χ3n) is 4.76. The second-order valence-electron chi connectivity index (χ2n) is 6.68. The number of benzene rings is 2. The minimum Gasteiger partial charge on any atom is -0.508 e. The molecule has 0 fully saturated rings. The molecule has 0 saturated heterocycles. The Hall–Kier alpha value is -1.71. The van der Waals surface area contributed by atoms with Crippen molar-refractivity contribution in [2.75, 3.05) is 0 Å². The molecule has 0 spiro atoms. The molecule has 2 aromatic carbocycles. The van der Waals surface area contributed by atoms with Crippen LogP contribution in [0.25, 0.3) is 6.08 Å². The van der Waals surface area contributed by atoms with Gasteiger partial charge in [-0.25, -0.2) is 0 Å². The molecule has 0 heterocycles. The van der Waals surface area contributed by atoms with Crippen molar-refractivity contribution in [1.29, 1.82) is 0 Å². The van der Waals surface area contributed by atoms with E-state index in [1.54, 1.807) is 17.8 Å². The molecule has 120 valence electrons. The minimum atomic E-state index is -0.148. The van der Waals surface area contributed by atoms with Crippen LogP contribution >= 0.6 is 11.8 Å². The van der Waals surface area contributed by atoms with E-state index in [9.17, 15) is 5.11 Å². The number of aromatic hydroxyl groups is 1. The third-order valence-corrected chi connectivity index (χ3v) is 5.86. The Morgan fingerprint density at radius 2 is 1.91 bits per heavy atom. The fraction of sp³-hybridized carbons (Fsp3) is 0.300. The van der Waals surface area contributed by atoms with Crippen molar-refractivity contribution in [3.05, 3.63) is 70.6 Å². The predicted molar refractivity (Wildman–Crippen MR) is 99.7 cm³/mol. The van der Waals surface area contributed by atoms with Crippen LogP contribution in [0.1, 0.15) is 30.5 Å². The zero-order chi connectivity index (χ0) is 16.4. The Bertz CT molecular complexity index is 709. The fourth-order valence-corrected chi connectivity index (χ4v) is 4.47. The molecule has 2 atom stereocenters. The molecular formula is C20H23NOS. The monoisotopic (exact) mass is 325 g/mol. The van der Waals surface area contributed by atoms with Crippen molar-refractivity contribution in [2.24, 2.45) is 5.73 Å². The lowest BCUT2D eigenvalue weighted by Crippen LogP contribution is -2.52. The average molecular weight is 325 g/mol. The van der Waals surface area contributed by atoms with Crippen molar-refractivity contribution < 1.29 is 5.11 Å². The number of fused-ring (bicyclic) bond motifs is 1. The summed E-state index contributed by atoms with van der Waals surface area (Å²) in [6.45, 7) is 4.34. The van der Waals surface area contributed by atoms with E-state index in [0.717, 1.165) is 6.42 Å². The van der Waals surface area contributed by atoms with E-state index in [0.29, 0.717) is 11.0 Å². The summed E-state index contributed by atoms with van der Waals surface area (Å²) < 4.78 is 0. The maximum atomic E-state index is 9.78. The van der Waals surface area contributed by atoms with Crippen LogP contribution in [0.15, 0.2) is 53.9 Å². The van der Waals surface area contributed by atoms with E-state index >= 15 is 0 Å². The number of rotatable bonds is 3. The van der Waals surface area contributed by atoms with Gasteiger partial charge in [-0.05, 0) is 46.7 Å². The summed E-state index contributed by atoms with van der Waals surface area (Å²) in [5.74, 6) is 0.319. The van der Waals surface area contributed by atoms with E-state index < -0.39 is 0 Å². The minimum absolute atomic E-state index is 0.0437. The first kappa shape index (κ1) is 16.2. The van der Waals surface area contributed by atoms with Gasteiger partial charge in [-0.3, -0.25) is 0 Å². The highest BCUT2D eigenvalue weighted by molar-refractivity contribution is 8.02. The first-order valence-corrected chi connectivity index (χ1v) is 8.88. The number of phenols is 1. The summed E-state index contributed by atoms with van der Waals surface area (Å²) in [7, 11) is 0. The molecule has 1 aliphatic rings. The van der Waals surface area contributed by atoms with Crippen molar-refractivity contribution >= 4 is 17.8 Å². The van der Waals surface area contributed by atoms with Gasteiger partial charge in [0.2, 0.25) is 0 Å². The van der Waals surface area contributed by atoms with Crippen LogP contribution in [0.4, 0.5) is 0 Å². The fourth-order valence-electron chi connectivity index (χ4n) is 3.25. The summed E-state index contributed by atoms with van der Waals surface area (Å²) in [6.07, 6.45) is 3.07. The maximum Gasteiger partial charge on any atom is 0.115 e. The summed E-state index contributed by atoms with van der Waals surface area (Å²) in [4.78, 5) is 0. The van der Waals surface area contributed by atoms with Crippen LogP contribution in [0.3, 0.4) is 0 Å². The lowest BCUT2D eigenvalue weighted by Gasteiger charge is -2.42. The highest BCUT2D eigenvalue weighted by atomic mass is 32.2. The van der Waals surface area contributed by atoms with E-state index in [1.807, 2.05) is 30.3 Å². The summed E-state index contributed by atoms with van der Waals surface area (Å²) in [6, 6.07) is 16.0. The van der Waals surface area contributed by atoms with Crippen LogP contribution in [-0.2, 0) is 11.8 Å². The van der Waals surface area contributed by atoms with Gasteiger partial charge in [0, 0.05) is 16.7 Å². The molecule has 3 heteroatoms. The Morgan fingerprint density at radius 1 is 1.17 bits per heavy atom. The van der Waals surface area contributed by atoms with E-state index in [2.05, 4.69) is 37.5 Å². The summed E-state index contributed by atoms with van der Waals surface area (Å²) in [5.41, 5.74) is 10.1. The number of phenolic OH excluding ortho intramolecular Hbond substituents is 1. The molecule has 2 nitrogen and oxygen atoms in total. The Morgan fingerprint density at radius 3 is 2.65 bits per heavy atom. The molecular weight excluding hydrogens is 302 g/mol. The Kier molecular flexibility index (Phi) is 4.51. The number of thioether (sulfide) groups is 1.